The minimum absolute atomic E-state index is 0. The molecule has 0 aromatic rings. The second-order valence-electron chi connectivity index (χ2n) is 4.33. The predicted molar refractivity (Wildman–Crippen MR) is 96.4 cm³/mol. The van der Waals surface area contributed by atoms with Crippen LogP contribution in [0.15, 0.2) is 4.99 Å². The van der Waals surface area contributed by atoms with Crippen LogP contribution in [0.2, 0.25) is 0 Å². The van der Waals surface area contributed by atoms with Gasteiger partial charge in [-0.15, -0.1) is 24.0 Å². The number of ether oxygens (including phenoxy) is 2. The van der Waals surface area contributed by atoms with E-state index in [4.69, 9.17) is 4.74 Å². The van der Waals surface area contributed by atoms with E-state index in [1.165, 1.54) is 7.11 Å². The Morgan fingerprint density at radius 2 is 1.86 bits per heavy atom. The molecule has 126 valence electrons. The zero-order chi connectivity index (χ0) is 15.1. The maximum absolute atomic E-state index is 11.0. The van der Waals surface area contributed by atoms with Gasteiger partial charge in [0.05, 0.1) is 13.5 Å². The molecule has 0 spiro atoms. The molecule has 0 aromatic heterocycles. The third kappa shape index (κ3) is 15.6. The van der Waals surface area contributed by atoms with Gasteiger partial charge < -0.3 is 20.1 Å². The van der Waals surface area contributed by atoms with Crippen molar-refractivity contribution in [2.45, 2.75) is 39.5 Å². The number of hydrogen-bond donors (Lipinski definition) is 2. The molecule has 0 unspecified atom stereocenters. The zero-order valence-corrected chi connectivity index (χ0v) is 15.8. The summed E-state index contributed by atoms with van der Waals surface area (Å²) in [4.78, 5) is 15.4. The maximum atomic E-state index is 11.0. The van der Waals surface area contributed by atoms with Gasteiger partial charge in [0.1, 0.15) is 0 Å². The molecule has 0 heterocycles. The van der Waals surface area contributed by atoms with Crippen molar-refractivity contribution in [3.05, 3.63) is 0 Å². The van der Waals surface area contributed by atoms with Crippen molar-refractivity contribution >= 4 is 35.9 Å². The number of carbonyl (C=O) groups excluding carboxylic acids is 1. The summed E-state index contributed by atoms with van der Waals surface area (Å²) < 4.78 is 10.1. The summed E-state index contributed by atoms with van der Waals surface area (Å²) in [6.45, 7) is 7.74. The molecule has 21 heavy (non-hydrogen) atoms. The van der Waals surface area contributed by atoms with E-state index in [1.807, 2.05) is 6.92 Å². The number of halogens is 1. The van der Waals surface area contributed by atoms with Crippen LogP contribution in [0.5, 0.6) is 0 Å². The molecule has 0 amide bonds. The fourth-order valence-corrected chi connectivity index (χ4v) is 1.43. The van der Waals surface area contributed by atoms with Crippen LogP contribution in [0.1, 0.15) is 39.5 Å². The molecule has 0 saturated carbocycles. The molecule has 0 rings (SSSR count). The molecule has 0 aliphatic heterocycles. The lowest BCUT2D eigenvalue weighted by atomic mass is 10.4. The van der Waals surface area contributed by atoms with E-state index in [0.29, 0.717) is 19.5 Å². The van der Waals surface area contributed by atoms with Gasteiger partial charge in [0.2, 0.25) is 0 Å². The van der Waals surface area contributed by atoms with Gasteiger partial charge in [-0.1, -0.05) is 13.3 Å². The Morgan fingerprint density at radius 3 is 2.48 bits per heavy atom. The van der Waals surface area contributed by atoms with Crippen LogP contribution >= 0.6 is 24.0 Å². The molecule has 0 atom stereocenters. The molecule has 0 aliphatic rings. The molecule has 2 N–H and O–H groups in total. The number of nitrogens with zero attached hydrogens (tertiary/aromatic N) is 1. The number of rotatable bonds is 11. The number of nitrogens with one attached hydrogen (secondary N) is 2. The van der Waals surface area contributed by atoms with Crippen LogP contribution in [0, 0.1) is 0 Å². The molecule has 7 heteroatoms. The van der Waals surface area contributed by atoms with Crippen molar-refractivity contribution in [3.63, 3.8) is 0 Å². The Kier molecular flexibility index (Phi) is 18.9. The molecule has 0 aliphatic carbocycles. The SMILES string of the molecule is CCCCOCCCN=C(NCC)NCCC(=O)OC.I. The van der Waals surface area contributed by atoms with Crippen molar-refractivity contribution < 1.29 is 14.3 Å². The highest BCUT2D eigenvalue weighted by Crippen LogP contribution is 1.90. The average Bonchev–Trinajstić information content (AvgIpc) is 2.46. The van der Waals surface area contributed by atoms with E-state index in [1.54, 1.807) is 0 Å². The quantitative estimate of drug-likeness (QED) is 0.177. The second kappa shape index (κ2) is 17.5. The Morgan fingerprint density at radius 1 is 1.14 bits per heavy atom. The Bertz CT molecular complexity index is 276. The number of aliphatic imine (C=N–C) groups is 1. The van der Waals surface area contributed by atoms with E-state index in [-0.39, 0.29) is 29.9 Å². The summed E-state index contributed by atoms with van der Waals surface area (Å²) in [7, 11) is 1.39. The molecule has 6 nitrogen and oxygen atoms in total. The number of hydrogen-bond acceptors (Lipinski definition) is 4. The van der Waals surface area contributed by atoms with Gasteiger partial charge in [-0.05, 0) is 19.8 Å². The third-order valence-corrected chi connectivity index (χ3v) is 2.55. The lowest BCUT2D eigenvalue weighted by Crippen LogP contribution is -2.38. The first-order chi connectivity index (χ1) is 9.74. The first-order valence-electron chi connectivity index (χ1n) is 7.41. The van der Waals surface area contributed by atoms with Crippen LogP contribution < -0.4 is 10.6 Å². The molecule has 0 bridgehead atoms. The summed E-state index contributed by atoms with van der Waals surface area (Å²) in [5.41, 5.74) is 0. The van der Waals surface area contributed by atoms with Crippen LogP contribution in [0.4, 0.5) is 0 Å². The largest absolute Gasteiger partial charge is 0.469 e. The average molecular weight is 415 g/mol. The van der Waals surface area contributed by atoms with Crippen LogP contribution in [0.3, 0.4) is 0 Å². The molecule has 0 saturated heterocycles. The summed E-state index contributed by atoms with van der Waals surface area (Å²) in [6, 6.07) is 0. The normalized spacial score (nSPS) is 10.7. The van der Waals surface area contributed by atoms with Gasteiger partial charge in [0.15, 0.2) is 5.96 Å². The molecule has 0 fully saturated rings. The first-order valence-corrected chi connectivity index (χ1v) is 7.41. The Balaban J connectivity index is 0. The lowest BCUT2D eigenvalue weighted by molar-refractivity contribution is -0.140. The highest BCUT2D eigenvalue weighted by molar-refractivity contribution is 14.0. The minimum Gasteiger partial charge on any atom is -0.469 e. The summed E-state index contributed by atoms with van der Waals surface area (Å²) in [5.74, 6) is 0.502. The van der Waals surface area contributed by atoms with Crippen molar-refractivity contribution in [2.75, 3.05) is 40.0 Å². The van der Waals surface area contributed by atoms with Gasteiger partial charge in [-0.3, -0.25) is 9.79 Å². The summed E-state index contributed by atoms with van der Waals surface area (Å²) in [5, 5.41) is 6.23. The van der Waals surface area contributed by atoms with E-state index >= 15 is 0 Å². The number of esters is 1. The fourth-order valence-electron chi connectivity index (χ4n) is 1.43. The third-order valence-electron chi connectivity index (χ3n) is 2.55. The van der Waals surface area contributed by atoms with E-state index in [9.17, 15) is 4.79 Å². The van der Waals surface area contributed by atoms with Crippen molar-refractivity contribution in [3.8, 4) is 0 Å². The Hall–Kier alpha value is -0.570. The van der Waals surface area contributed by atoms with E-state index in [2.05, 4.69) is 27.3 Å². The highest BCUT2D eigenvalue weighted by atomic mass is 127. The van der Waals surface area contributed by atoms with Crippen molar-refractivity contribution in [1.82, 2.24) is 10.6 Å². The van der Waals surface area contributed by atoms with Gasteiger partial charge >= 0.3 is 5.97 Å². The standard InChI is InChI=1S/C14H29N3O3.HI/c1-4-6-11-20-12-7-9-16-14(15-5-2)17-10-8-13(18)19-3;/h4-12H2,1-3H3,(H2,15,16,17);1H. The zero-order valence-electron chi connectivity index (χ0n) is 13.4. The predicted octanol–water partition coefficient (Wildman–Crippen LogP) is 1.93. The van der Waals surface area contributed by atoms with E-state index in [0.717, 1.165) is 45.0 Å². The fraction of sp³-hybridized carbons (Fsp3) is 0.857. The number of unbranched alkanes of at least 4 members (excludes halogenated alkanes) is 1. The smallest absolute Gasteiger partial charge is 0.307 e. The first kappa shape index (κ1) is 22.7. The van der Waals surface area contributed by atoms with Crippen molar-refractivity contribution in [2.24, 2.45) is 4.99 Å². The molecule has 0 aromatic carbocycles. The van der Waals surface area contributed by atoms with E-state index < -0.39 is 0 Å². The number of carbonyl (C=O) groups is 1. The maximum Gasteiger partial charge on any atom is 0.307 e. The minimum atomic E-state index is -0.224. The monoisotopic (exact) mass is 415 g/mol. The topological polar surface area (TPSA) is 72.0 Å². The summed E-state index contributed by atoms with van der Waals surface area (Å²) >= 11 is 0. The lowest BCUT2D eigenvalue weighted by Gasteiger charge is -2.10. The second-order valence-corrected chi connectivity index (χ2v) is 4.33. The number of guanidine groups is 1. The van der Waals surface area contributed by atoms with Crippen LogP contribution in [-0.4, -0.2) is 51.9 Å². The molecule has 0 radical (unpaired) electrons. The van der Waals surface area contributed by atoms with Crippen molar-refractivity contribution in [1.29, 1.82) is 0 Å². The van der Waals surface area contributed by atoms with Gasteiger partial charge in [-0.2, -0.15) is 0 Å². The molecular formula is C14H30IN3O3. The molecular weight excluding hydrogens is 385 g/mol. The highest BCUT2D eigenvalue weighted by Gasteiger charge is 2.01. The Labute approximate surface area is 145 Å². The van der Waals surface area contributed by atoms with Gasteiger partial charge in [-0.25, -0.2) is 0 Å². The van der Waals surface area contributed by atoms with Gasteiger partial charge in [0.25, 0.3) is 0 Å². The number of methoxy groups -OCH3 is 1. The van der Waals surface area contributed by atoms with Gasteiger partial charge in [0, 0.05) is 32.8 Å². The summed E-state index contributed by atoms with van der Waals surface area (Å²) in [6.07, 6.45) is 3.51. The van der Waals surface area contributed by atoms with Crippen LogP contribution in [-0.2, 0) is 14.3 Å². The van der Waals surface area contributed by atoms with Crippen LogP contribution in [0.25, 0.3) is 0 Å².